The molecule has 1 N–H and O–H groups in total. The molecule has 9 heteroatoms. The third-order valence-corrected chi connectivity index (χ3v) is 5.48. The van der Waals surface area contributed by atoms with Crippen LogP contribution >= 0.6 is 34.5 Å². The van der Waals surface area contributed by atoms with Crippen molar-refractivity contribution in [1.29, 1.82) is 0 Å². The Morgan fingerprint density at radius 2 is 1.87 bits per heavy atom. The molecule has 1 amide bonds. The number of carbonyl (C=O) groups is 1. The van der Waals surface area contributed by atoms with Crippen LogP contribution < -0.4 is 14.8 Å². The number of anilines is 1. The molecule has 0 atom stereocenters. The van der Waals surface area contributed by atoms with Gasteiger partial charge >= 0.3 is 0 Å². The van der Waals surface area contributed by atoms with Gasteiger partial charge < -0.3 is 14.8 Å². The maximum atomic E-state index is 12.4. The SMILES string of the molecule is CCCOc1ccc(/C=C(\Cl)c2nnc(C(=O)Nc3ccc(Cl)cc3)s2)cc1OC. The van der Waals surface area contributed by atoms with E-state index in [0.717, 1.165) is 23.3 Å². The Hall–Kier alpha value is -2.61. The largest absolute Gasteiger partial charge is 0.493 e. The molecule has 3 aromatic rings. The van der Waals surface area contributed by atoms with Gasteiger partial charge in [0.15, 0.2) is 16.5 Å². The molecule has 0 unspecified atom stereocenters. The summed E-state index contributed by atoms with van der Waals surface area (Å²) in [5, 5.41) is 12.3. The van der Waals surface area contributed by atoms with Gasteiger partial charge in [-0.1, -0.05) is 47.5 Å². The molecule has 2 aromatic carbocycles. The topological polar surface area (TPSA) is 73.3 Å². The number of nitrogens with zero attached hydrogens (tertiary/aromatic N) is 2. The number of nitrogens with one attached hydrogen (secondary N) is 1. The summed E-state index contributed by atoms with van der Waals surface area (Å²) in [6, 6.07) is 12.3. The molecular weight excluding hydrogens is 445 g/mol. The molecule has 3 rings (SSSR count). The Balaban J connectivity index is 1.73. The average molecular weight is 464 g/mol. The van der Waals surface area contributed by atoms with E-state index in [-0.39, 0.29) is 10.9 Å². The zero-order chi connectivity index (χ0) is 21.5. The number of hydrogen-bond donors (Lipinski definition) is 1. The highest BCUT2D eigenvalue weighted by Crippen LogP contribution is 2.31. The monoisotopic (exact) mass is 463 g/mol. The van der Waals surface area contributed by atoms with Crippen molar-refractivity contribution >= 4 is 57.2 Å². The first kappa shape index (κ1) is 22.1. The first-order chi connectivity index (χ1) is 14.5. The molecular formula is C21H19Cl2N3O3S. The van der Waals surface area contributed by atoms with E-state index in [1.165, 1.54) is 0 Å². The molecule has 0 saturated heterocycles. The number of benzene rings is 2. The van der Waals surface area contributed by atoms with E-state index in [1.807, 2.05) is 25.1 Å². The lowest BCUT2D eigenvalue weighted by Gasteiger charge is -2.10. The summed E-state index contributed by atoms with van der Waals surface area (Å²) in [4.78, 5) is 12.4. The van der Waals surface area contributed by atoms with E-state index in [1.54, 1.807) is 37.5 Å². The van der Waals surface area contributed by atoms with Crippen LogP contribution in [-0.2, 0) is 0 Å². The van der Waals surface area contributed by atoms with E-state index >= 15 is 0 Å². The number of ether oxygens (including phenoxy) is 2. The molecule has 0 bridgehead atoms. The van der Waals surface area contributed by atoms with Crippen LogP contribution in [0.2, 0.25) is 5.02 Å². The number of halogens is 2. The summed E-state index contributed by atoms with van der Waals surface area (Å²) in [5.41, 5.74) is 1.42. The highest BCUT2D eigenvalue weighted by atomic mass is 35.5. The van der Waals surface area contributed by atoms with Gasteiger partial charge in [-0.2, -0.15) is 0 Å². The van der Waals surface area contributed by atoms with Gasteiger partial charge in [0.1, 0.15) is 0 Å². The summed E-state index contributed by atoms with van der Waals surface area (Å²) in [7, 11) is 1.58. The highest BCUT2D eigenvalue weighted by molar-refractivity contribution is 7.15. The molecule has 0 aliphatic heterocycles. The molecule has 1 aromatic heterocycles. The number of rotatable bonds is 8. The van der Waals surface area contributed by atoms with Crippen molar-refractivity contribution in [3.8, 4) is 11.5 Å². The smallest absolute Gasteiger partial charge is 0.286 e. The standard InChI is InChI=1S/C21H19Cl2N3O3S/c1-3-10-29-17-9-4-13(12-18(17)28-2)11-16(23)20-25-26-21(30-20)19(27)24-15-7-5-14(22)6-8-15/h4-9,11-12H,3,10H2,1-2H3,(H,24,27)/b16-11-. The van der Waals surface area contributed by atoms with E-state index in [0.29, 0.717) is 38.9 Å². The van der Waals surface area contributed by atoms with Crippen LogP contribution in [0.3, 0.4) is 0 Å². The normalized spacial score (nSPS) is 11.3. The fourth-order valence-corrected chi connectivity index (χ4v) is 3.49. The molecule has 0 aliphatic rings. The second kappa shape index (κ2) is 10.4. The summed E-state index contributed by atoms with van der Waals surface area (Å²) in [6.07, 6.45) is 2.64. The Morgan fingerprint density at radius 1 is 1.13 bits per heavy atom. The van der Waals surface area contributed by atoms with Crippen LogP contribution in [0.4, 0.5) is 5.69 Å². The molecule has 30 heavy (non-hydrogen) atoms. The number of methoxy groups -OCH3 is 1. The summed E-state index contributed by atoms with van der Waals surface area (Å²) in [6.45, 7) is 2.65. The van der Waals surface area contributed by atoms with Gasteiger partial charge in [-0.05, 0) is 54.5 Å². The molecule has 156 valence electrons. The van der Waals surface area contributed by atoms with Gasteiger partial charge in [-0.25, -0.2) is 0 Å². The molecule has 0 fully saturated rings. The van der Waals surface area contributed by atoms with Gasteiger partial charge in [-0.15, -0.1) is 10.2 Å². The van der Waals surface area contributed by atoms with Crippen molar-refractivity contribution in [2.75, 3.05) is 19.0 Å². The Bertz CT molecular complexity index is 1050. The fraction of sp³-hybridized carbons (Fsp3) is 0.190. The van der Waals surface area contributed by atoms with Crippen LogP contribution in [0.5, 0.6) is 11.5 Å². The van der Waals surface area contributed by atoms with Gasteiger partial charge in [0.2, 0.25) is 5.01 Å². The van der Waals surface area contributed by atoms with Crippen molar-refractivity contribution in [2.24, 2.45) is 0 Å². The predicted molar refractivity (Wildman–Crippen MR) is 122 cm³/mol. The maximum Gasteiger partial charge on any atom is 0.286 e. The minimum absolute atomic E-state index is 0.201. The molecule has 0 aliphatic carbocycles. The minimum atomic E-state index is -0.371. The van der Waals surface area contributed by atoms with Crippen molar-refractivity contribution < 1.29 is 14.3 Å². The van der Waals surface area contributed by atoms with E-state index < -0.39 is 0 Å². The molecule has 0 radical (unpaired) electrons. The maximum absolute atomic E-state index is 12.4. The first-order valence-electron chi connectivity index (χ1n) is 9.09. The number of carbonyl (C=O) groups excluding carboxylic acids is 1. The van der Waals surface area contributed by atoms with Crippen molar-refractivity contribution in [3.63, 3.8) is 0 Å². The second-order valence-corrected chi connectivity index (χ2v) is 7.95. The molecule has 0 spiro atoms. The Labute approximate surface area is 188 Å². The Kier molecular flexibility index (Phi) is 7.68. The number of hydrogen-bond acceptors (Lipinski definition) is 6. The third kappa shape index (κ3) is 5.72. The highest BCUT2D eigenvalue weighted by Gasteiger charge is 2.15. The molecule has 6 nitrogen and oxygen atoms in total. The molecule has 0 saturated carbocycles. The van der Waals surface area contributed by atoms with Crippen LogP contribution in [-0.4, -0.2) is 29.8 Å². The van der Waals surface area contributed by atoms with Gasteiger partial charge in [0.25, 0.3) is 5.91 Å². The lowest BCUT2D eigenvalue weighted by atomic mass is 10.2. The fourth-order valence-electron chi connectivity index (χ4n) is 2.44. The second-order valence-electron chi connectivity index (χ2n) is 6.12. The quantitative estimate of drug-likeness (QED) is 0.444. The minimum Gasteiger partial charge on any atom is -0.493 e. The predicted octanol–water partition coefficient (Wildman–Crippen LogP) is 5.98. The zero-order valence-corrected chi connectivity index (χ0v) is 18.6. The van der Waals surface area contributed by atoms with Crippen LogP contribution in [0.1, 0.15) is 33.7 Å². The third-order valence-electron chi connectivity index (χ3n) is 3.87. The van der Waals surface area contributed by atoms with Crippen LogP contribution in [0, 0.1) is 0 Å². The van der Waals surface area contributed by atoms with Crippen molar-refractivity contribution in [1.82, 2.24) is 10.2 Å². The van der Waals surface area contributed by atoms with Gasteiger partial charge in [-0.3, -0.25) is 4.79 Å². The summed E-state index contributed by atoms with van der Waals surface area (Å²) >= 11 is 13.4. The van der Waals surface area contributed by atoms with Gasteiger partial charge in [0, 0.05) is 10.7 Å². The van der Waals surface area contributed by atoms with Crippen LogP contribution in [0.15, 0.2) is 42.5 Å². The van der Waals surface area contributed by atoms with Crippen LogP contribution in [0.25, 0.3) is 11.1 Å². The van der Waals surface area contributed by atoms with E-state index in [4.69, 9.17) is 32.7 Å². The van der Waals surface area contributed by atoms with Crippen molar-refractivity contribution in [3.05, 3.63) is 63.1 Å². The lowest BCUT2D eigenvalue weighted by Crippen LogP contribution is -2.11. The first-order valence-corrected chi connectivity index (χ1v) is 10.7. The Morgan fingerprint density at radius 3 is 2.57 bits per heavy atom. The average Bonchev–Trinajstić information content (AvgIpc) is 3.25. The van der Waals surface area contributed by atoms with Crippen molar-refractivity contribution in [2.45, 2.75) is 13.3 Å². The number of aromatic nitrogens is 2. The lowest BCUT2D eigenvalue weighted by molar-refractivity contribution is 0.102. The molecule has 1 heterocycles. The summed E-state index contributed by atoms with van der Waals surface area (Å²) in [5.74, 6) is 0.913. The van der Waals surface area contributed by atoms with E-state index in [9.17, 15) is 4.79 Å². The number of amides is 1. The zero-order valence-electron chi connectivity index (χ0n) is 16.3. The summed E-state index contributed by atoms with van der Waals surface area (Å²) < 4.78 is 11.0. The van der Waals surface area contributed by atoms with Gasteiger partial charge in [0.05, 0.1) is 18.7 Å². The van der Waals surface area contributed by atoms with E-state index in [2.05, 4.69) is 15.5 Å².